The van der Waals surface area contributed by atoms with Crippen molar-refractivity contribution in [1.82, 2.24) is 24.7 Å². The van der Waals surface area contributed by atoms with Crippen LogP contribution in [0.5, 0.6) is 5.75 Å². The summed E-state index contributed by atoms with van der Waals surface area (Å²) in [6.07, 6.45) is 0.857. The van der Waals surface area contributed by atoms with E-state index >= 15 is 0 Å². The van der Waals surface area contributed by atoms with E-state index in [1.165, 1.54) is 36.5 Å². The second-order valence-electron chi connectivity index (χ2n) is 6.75. The highest BCUT2D eigenvalue weighted by atomic mass is 19.4. The highest BCUT2D eigenvalue weighted by molar-refractivity contribution is 5.71. The number of methoxy groups -OCH3 is 1. The Labute approximate surface area is 174 Å². The lowest BCUT2D eigenvalue weighted by Gasteiger charge is -2.27. The van der Waals surface area contributed by atoms with Crippen LogP contribution in [0.1, 0.15) is 25.0 Å². The molecule has 0 aliphatic carbocycles. The molecule has 31 heavy (non-hydrogen) atoms. The molecule has 12 heteroatoms. The van der Waals surface area contributed by atoms with Crippen LogP contribution in [-0.2, 0) is 12.7 Å². The molecule has 0 spiro atoms. The first-order chi connectivity index (χ1) is 14.8. The third-order valence-electron chi connectivity index (χ3n) is 4.58. The van der Waals surface area contributed by atoms with Crippen molar-refractivity contribution in [3.63, 3.8) is 0 Å². The fourth-order valence-corrected chi connectivity index (χ4v) is 3.15. The SMILES string of the molecule is COc1cccnc1C(F)(F)F.FC(F)Cn1ncc2ncc(N3CCCCC3)nc21. The molecule has 0 radical (unpaired) electrons. The number of piperidine rings is 1. The summed E-state index contributed by atoms with van der Waals surface area (Å²) in [4.78, 5) is 14.0. The minimum atomic E-state index is -4.45. The number of rotatable bonds is 4. The smallest absolute Gasteiger partial charge is 0.437 e. The zero-order chi connectivity index (χ0) is 22.4. The first-order valence-electron chi connectivity index (χ1n) is 9.57. The van der Waals surface area contributed by atoms with Crippen molar-refractivity contribution in [1.29, 1.82) is 0 Å². The third-order valence-corrected chi connectivity index (χ3v) is 4.58. The van der Waals surface area contributed by atoms with Crippen molar-refractivity contribution in [2.45, 2.75) is 38.4 Å². The van der Waals surface area contributed by atoms with Crippen LogP contribution < -0.4 is 9.64 Å². The third kappa shape index (κ3) is 5.76. The van der Waals surface area contributed by atoms with Crippen LogP contribution in [0.25, 0.3) is 11.2 Å². The predicted octanol–water partition coefficient (Wildman–Crippen LogP) is 4.19. The molecule has 0 unspecified atom stereocenters. The van der Waals surface area contributed by atoms with Gasteiger partial charge in [-0.3, -0.25) is 0 Å². The number of hydrogen-bond donors (Lipinski definition) is 0. The van der Waals surface area contributed by atoms with Crippen LogP contribution in [-0.4, -0.2) is 51.4 Å². The van der Waals surface area contributed by atoms with Crippen LogP contribution in [0.15, 0.2) is 30.7 Å². The van der Waals surface area contributed by atoms with E-state index in [1.807, 2.05) is 0 Å². The molecule has 4 rings (SSSR count). The number of ether oxygens (including phenoxy) is 1. The quantitative estimate of drug-likeness (QED) is 0.562. The molecule has 0 N–H and O–H groups in total. The average Bonchev–Trinajstić information content (AvgIpc) is 3.15. The molecule has 1 aliphatic rings. The van der Waals surface area contributed by atoms with Gasteiger partial charge in [-0.25, -0.2) is 28.4 Å². The number of alkyl halides is 5. The lowest BCUT2D eigenvalue weighted by molar-refractivity contribution is -0.142. The maximum Gasteiger partial charge on any atom is 0.437 e. The summed E-state index contributed by atoms with van der Waals surface area (Å²) >= 11 is 0. The average molecular weight is 444 g/mol. The Morgan fingerprint density at radius 3 is 2.45 bits per heavy atom. The van der Waals surface area contributed by atoms with Crippen LogP contribution in [0.3, 0.4) is 0 Å². The van der Waals surface area contributed by atoms with Gasteiger partial charge in [-0.1, -0.05) is 0 Å². The van der Waals surface area contributed by atoms with Crippen molar-refractivity contribution in [2.24, 2.45) is 0 Å². The zero-order valence-corrected chi connectivity index (χ0v) is 16.7. The van der Waals surface area contributed by atoms with Crippen molar-refractivity contribution in [3.8, 4) is 5.75 Å². The molecule has 168 valence electrons. The summed E-state index contributed by atoms with van der Waals surface area (Å²) in [6.45, 7) is 1.45. The fraction of sp³-hybridized carbons (Fsp3) is 0.474. The number of aromatic nitrogens is 5. The minimum absolute atomic E-state index is 0.259. The number of pyridine rings is 1. The standard InChI is InChI=1S/C12H15F2N5.C7H6F3NO/c13-10(14)8-19-12-9(6-16-19)15-7-11(17-12)18-4-2-1-3-5-18;1-12-5-3-2-4-11-6(5)7(8,9)10/h6-7,10H,1-5,8H2;2-4H,1H3. The van der Waals surface area contributed by atoms with Gasteiger partial charge in [-0.2, -0.15) is 18.3 Å². The topological polar surface area (TPSA) is 69.0 Å². The number of anilines is 1. The summed E-state index contributed by atoms with van der Waals surface area (Å²) in [5, 5.41) is 3.91. The molecule has 0 atom stereocenters. The molecule has 1 aliphatic heterocycles. The summed E-state index contributed by atoms with van der Waals surface area (Å²) in [5.74, 6) is 0.494. The van der Waals surface area contributed by atoms with Gasteiger partial charge >= 0.3 is 6.18 Å². The zero-order valence-electron chi connectivity index (χ0n) is 16.7. The lowest BCUT2D eigenvalue weighted by Crippen LogP contribution is -2.30. The molecule has 7 nitrogen and oxygen atoms in total. The van der Waals surface area contributed by atoms with Crippen LogP contribution in [0.2, 0.25) is 0 Å². The van der Waals surface area contributed by atoms with E-state index in [9.17, 15) is 22.0 Å². The highest BCUT2D eigenvalue weighted by Gasteiger charge is 2.35. The summed E-state index contributed by atoms with van der Waals surface area (Å²) < 4.78 is 66.9. The highest BCUT2D eigenvalue weighted by Crippen LogP contribution is 2.33. The van der Waals surface area contributed by atoms with E-state index in [1.54, 1.807) is 6.20 Å². The molecule has 0 bridgehead atoms. The van der Waals surface area contributed by atoms with Crippen LogP contribution >= 0.6 is 0 Å². The first-order valence-corrected chi connectivity index (χ1v) is 9.57. The van der Waals surface area contributed by atoms with E-state index in [0.29, 0.717) is 11.2 Å². The van der Waals surface area contributed by atoms with Gasteiger partial charge in [0.05, 0.1) is 19.5 Å². The minimum Gasteiger partial charge on any atom is -0.494 e. The number of halogens is 5. The Kier molecular flexibility index (Phi) is 7.18. The number of fused-ring (bicyclic) bond motifs is 1. The second kappa shape index (κ2) is 9.84. The normalized spacial score (nSPS) is 14.5. The van der Waals surface area contributed by atoms with Crippen molar-refractivity contribution in [2.75, 3.05) is 25.1 Å². The van der Waals surface area contributed by atoms with Crippen molar-refractivity contribution >= 4 is 17.0 Å². The molecule has 3 aromatic heterocycles. The van der Waals surface area contributed by atoms with Crippen molar-refractivity contribution in [3.05, 3.63) is 36.4 Å². The molecular weight excluding hydrogens is 423 g/mol. The maximum absolute atomic E-state index is 12.5. The Morgan fingerprint density at radius 2 is 1.84 bits per heavy atom. The largest absolute Gasteiger partial charge is 0.494 e. The van der Waals surface area contributed by atoms with Gasteiger partial charge in [-0.15, -0.1) is 0 Å². The molecule has 4 heterocycles. The Hall–Kier alpha value is -3.05. The molecule has 0 saturated carbocycles. The Morgan fingerprint density at radius 1 is 1.10 bits per heavy atom. The van der Waals surface area contributed by atoms with Gasteiger partial charge in [-0.05, 0) is 31.4 Å². The van der Waals surface area contributed by atoms with Crippen molar-refractivity contribution < 1.29 is 26.7 Å². The fourth-order valence-electron chi connectivity index (χ4n) is 3.15. The predicted molar refractivity (Wildman–Crippen MR) is 103 cm³/mol. The summed E-state index contributed by atoms with van der Waals surface area (Å²) in [6, 6.07) is 2.60. The summed E-state index contributed by atoms with van der Waals surface area (Å²) in [5.41, 5.74) is -0.00252. The van der Waals surface area contributed by atoms with Crippen LogP contribution in [0.4, 0.5) is 27.8 Å². The molecule has 1 fully saturated rings. The van der Waals surface area contributed by atoms with Gasteiger partial charge < -0.3 is 9.64 Å². The van der Waals surface area contributed by atoms with Gasteiger partial charge in [0, 0.05) is 19.3 Å². The van der Waals surface area contributed by atoms with Crippen LogP contribution in [0, 0.1) is 0 Å². The van der Waals surface area contributed by atoms with E-state index < -0.39 is 24.8 Å². The molecule has 3 aromatic rings. The number of nitrogens with zero attached hydrogens (tertiary/aromatic N) is 6. The van der Waals surface area contributed by atoms with Gasteiger partial charge in [0.2, 0.25) is 0 Å². The van der Waals surface area contributed by atoms with E-state index in [2.05, 4.69) is 29.7 Å². The summed E-state index contributed by atoms with van der Waals surface area (Å²) in [7, 11) is 1.17. The molecular formula is C19H21F5N6O. The Balaban J connectivity index is 0.000000196. The second-order valence-corrected chi connectivity index (χ2v) is 6.75. The van der Waals surface area contributed by atoms with E-state index in [4.69, 9.17) is 0 Å². The van der Waals surface area contributed by atoms with Gasteiger partial charge in [0.1, 0.15) is 23.6 Å². The van der Waals surface area contributed by atoms with E-state index in [-0.39, 0.29) is 5.75 Å². The van der Waals surface area contributed by atoms with Gasteiger partial charge in [0.25, 0.3) is 6.43 Å². The molecule has 1 saturated heterocycles. The first kappa shape index (κ1) is 22.6. The van der Waals surface area contributed by atoms with Gasteiger partial charge in [0.15, 0.2) is 11.3 Å². The monoisotopic (exact) mass is 444 g/mol. The van der Waals surface area contributed by atoms with E-state index in [0.717, 1.165) is 37.9 Å². The maximum atomic E-state index is 12.5. The molecule has 0 amide bonds. The Bertz CT molecular complexity index is 987. The molecule has 0 aromatic carbocycles. The lowest BCUT2D eigenvalue weighted by atomic mass is 10.1. The number of hydrogen-bond acceptors (Lipinski definition) is 6.